The number of thiophene rings is 1. The fourth-order valence-electron chi connectivity index (χ4n) is 2.91. The van der Waals surface area contributed by atoms with Crippen LogP contribution in [0.2, 0.25) is 0 Å². The van der Waals surface area contributed by atoms with Crippen molar-refractivity contribution < 1.29 is 4.79 Å². The lowest BCUT2D eigenvalue weighted by molar-refractivity contribution is -0.114. The van der Waals surface area contributed by atoms with Crippen molar-refractivity contribution in [3.63, 3.8) is 0 Å². The molecule has 1 aliphatic carbocycles. The van der Waals surface area contributed by atoms with Crippen LogP contribution in [0.1, 0.15) is 37.1 Å². The molecule has 2 aromatic heterocycles. The molecule has 0 fully saturated rings. The standard InChI is InChI=1S/C17H20N2O2S2/c1-10(2)8-19-16(21)14-12-6-4-5-7-13(12)23-15(14)18-17(19)22-9-11(3)20/h1,4-9H2,2-3H3. The number of hydrogen-bond donors (Lipinski definition) is 0. The zero-order valence-electron chi connectivity index (χ0n) is 13.5. The Bertz CT molecular complexity index is 848. The van der Waals surface area contributed by atoms with Crippen molar-refractivity contribution in [3.05, 3.63) is 32.9 Å². The van der Waals surface area contributed by atoms with Gasteiger partial charge in [-0.1, -0.05) is 23.9 Å². The Morgan fingerprint density at radius 1 is 1.35 bits per heavy atom. The summed E-state index contributed by atoms with van der Waals surface area (Å²) >= 11 is 2.98. The lowest BCUT2D eigenvalue weighted by Crippen LogP contribution is -2.24. The highest BCUT2D eigenvalue weighted by atomic mass is 32.2. The van der Waals surface area contributed by atoms with Gasteiger partial charge in [0, 0.05) is 11.4 Å². The number of hydrogen-bond acceptors (Lipinski definition) is 5. The molecule has 6 heteroatoms. The molecule has 0 aromatic carbocycles. The molecule has 0 saturated heterocycles. The first kappa shape index (κ1) is 16.5. The van der Waals surface area contributed by atoms with Crippen LogP contribution in [0.4, 0.5) is 0 Å². The lowest BCUT2D eigenvalue weighted by Gasteiger charge is -2.13. The van der Waals surface area contributed by atoms with Gasteiger partial charge in [-0.15, -0.1) is 11.3 Å². The zero-order valence-corrected chi connectivity index (χ0v) is 15.1. The van der Waals surface area contributed by atoms with E-state index in [0.29, 0.717) is 17.5 Å². The minimum atomic E-state index is 0.0171. The second-order valence-corrected chi connectivity index (χ2v) is 8.15. The number of allylic oxidation sites excluding steroid dienone is 1. The summed E-state index contributed by atoms with van der Waals surface area (Å²) in [4.78, 5) is 31.2. The van der Waals surface area contributed by atoms with Crippen molar-refractivity contribution in [2.75, 3.05) is 5.75 Å². The third-order valence-electron chi connectivity index (χ3n) is 3.87. The summed E-state index contributed by atoms with van der Waals surface area (Å²) in [6.07, 6.45) is 4.34. The van der Waals surface area contributed by atoms with Crippen LogP contribution in [-0.4, -0.2) is 21.1 Å². The molecule has 0 amide bonds. The first-order valence-electron chi connectivity index (χ1n) is 7.79. The number of aryl methyl sites for hydroxylation is 2. The fraction of sp³-hybridized carbons (Fsp3) is 0.471. The van der Waals surface area contributed by atoms with Gasteiger partial charge < -0.3 is 0 Å². The number of aromatic nitrogens is 2. The number of thioether (sulfide) groups is 1. The number of fused-ring (bicyclic) bond motifs is 3. The van der Waals surface area contributed by atoms with Gasteiger partial charge in [0.2, 0.25) is 0 Å². The Labute approximate surface area is 143 Å². The average molecular weight is 348 g/mol. The molecular formula is C17H20N2O2S2. The van der Waals surface area contributed by atoms with Gasteiger partial charge in [-0.3, -0.25) is 14.2 Å². The fourth-order valence-corrected chi connectivity index (χ4v) is 5.01. The van der Waals surface area contributed by atoms with E-state index in [2.05, 4.69) is 6.58 Å². The van der Waals surface area contributed by atoms with Crippen molar-refractivity contribution in [2.24, 2.45) is 0 Å². The van der Waals surface area contributed by atoms with Gasteiger partial charge in [0.1, 0.15) is 10.6 Å². The quantitative estimate of drug-likeness (QED) is 0.471. The summed E-state index contributed by atoms with van der Waals surface area (Å²) in [6.45, 7) is 7.83. The lowest BCUT2D eigenvalue weighted by atomic mass is 9.97. The summed E-state index contributed by atoms with van der Waals surface area (Å²) in [7, 11) is 0. The van der Waals surface area contributed by atoms with E-state index >= 15 is 0 Å². The second-order valence-electron chi connectivity index (χ2n) is 6.12. The molecule has 2 aromatic rings. The Morgan fingerprint density at radius 3 is 2.78 bits per heavy atom. The van der Waals surface area contributed by atoms with Gasteiger partial charge >= 0.3 is 0 Å². The van der Waals surface area contributed by atoms with E-state index in [4.69, 9.17) is 4.98 Å². The molecule has 2 heterocycles. The molecule has 0 N–H and O–H groups in total. The van der Waals surface area contributed by atoms with Crippen molar-refractivity contribution in [1.82, 2.24) is 9.55 Å². The molecule has 1 aliphatic rings. The normalized spacial score (nSPS) is 14.0. The van der Waals surface area contributed by atoms with E-state index in [-0.39, 0.29) is 11.3 Å². The molecule has 23 heavy (non-hydrogen) atoms. The van der Waals surface area contributed by atoms with Gasteiger partial charge in [-0.2, -0.15) is 0 Å². The van der Waals surface area contributed by atoms with Crippen molar-refractivity contribution in [3.8, 4) is 0 Å². The number of rotatable bonds is 5. The molecular weight excluding hydrogens is 328 g/mol. The van der Waals surface area contributed by atoms with E-state index in [1.54, 1.807) is 22.8 Å². The molecule has 0 unspecified atom stereocenters. The monoisotopic (exact) mass is 348 g/mol. The molecule has 0 atom stereocenters. The Morgan fingerprint density at radius 2 is 2.09 bits per heavy atom. The largest absolute Gasteiger partial charge is 0.299 e. The third-order valence-corrected chi connectivity index (χ3v) is 6.18. The Hall–Kier alpha value is -1.40. The smallest absolute Gasteiger partial charge is 0.263 e. The van der Waals surface area contributed by atoms with E-state index in [0.717, 1.165) is 35.1 Å². The summed E-state index contributed by atoms with van der Waals surface area (Å²) in [5.41, 5.74) is 2.12. The highest BCUT2D eigenvalue weighted by Crippen LogP contribution is 2.34. The van der Waals surface area contributed by atoms with E-state index in [9.17, 15) is 9.59 Å². The number of carbonyl (C=O) groups is 1. The van der Waals surface area contributed by atoms with Crippen LogP contribution in [0.5, 0.6) is 0 Å². The van der Waals surface area contributed by atoms with Gasteiger partial charge in [-0.05, 0) is 45.1 Å². The van der Waals surface area contributed by atoms with Crippen LogP contribution in [0, 0.1) is 0 Å². The molecule has 0 saturated carbocycles. The second kappa shape index (κ2) is 6.61. The first-order chi connectivity index (χ1) is 11.0. The molecule has 0 bridgehead atoms. The topological polar surface area (TPSA) is 52.0 Å². The maximum atomic E-state index is 13.1. The summed E-state index contributed by atoms with van der Waals surface area (Å²) < 4.78 is 1.68. The number of nitrogens with zero attached hydrogens (tertiary/aromatic N) is 2. The van der Waals surface area contributed by atoms with Crippen molar-refractivity contribution in [1.29, 1.82) is 0 Å². The van der Waals surface area contributed by atoms with E-state index < -0.39 is 0 Å². The minimum Gasteiger partial charge on any atom is -0.299 e. The van der Waals surface area contributed by atoms with Gasteiger partial charge in [0.05, 0.1) is 11.1 Å². The van der Waals surface area contributed by atoms with E-state index in [1.807, 2.05) is 6.92 Å². The highest BCUT2D eigenvalue weighted by molar-refractivity contribution is 7.99. The summed E-state index contributed by atoms with van der Waals surface area (Å²) in [5.74, 6) is 0.413. The molecule has 3 rings (SSSR count). The van der Waals surface area contributed by atoms with Crippen molar-refractivity contribution in [2.45, 2.75) is 51.2 Å². The first-order valence-corrected chi connectivity index (χ1v) is 9.59. The minimum absolute atomic E-state index is 0.0171. The molecule has 4 nitrogen and oxygen atoms in total. The van der Waals surface area contributed by atoms with Crippen LogP contribution in [-0.2, 0) is 24.2 Å². The Kier molecular flexibility index (Phi) is 4.73. The van der Waals surface area contributed by atoms with Crippen LogP contribution < -0.4 is 5.56 Å². The summed E-state index contributed by atoms with van der Waals surface area (Å²) in [5, 5.41) is 1.41. The third kappa shape index (κ3) is 3.28. The van der Waals surface area contributed by atoms with Crippen LogP contribution >= 0.6 is 23.1 Å². The molecule has 0 radical (unpaired) electrons. The van der Waals surface area contributed by atoms with E-state index in [1.165, 1.54) is 28.6 Å². The van der Waals surface area contributed by atoms with Gasteiger partial charge in [0.15, 0.2) is 5.16 Å². The maximum Gasteiger partial charge on any atom is 0.263 e. The molecule has 0 aliphatic heterocycles. The van der Waals surface area contributed by atoms with Crippen LogP contribution in [0.15, 0.2) is 22.1 Å². The predicted molar refractivity (Wildman–Crippen MR) is 96.7 cm³/mol. The predicted octanol–water partition coefficient (Wildman–Crippen LogP) is 3.59. The van der Waals surface area contributed by atoms with Crippen LogP contribution in [0.25, 0.3) is 10.2 Å². The number of Topliss-reactive ketones (excluding diaryl/α,β-unsaturated/α-hetero) is 1. The number of carbonyl (C=O) groups excluding carboxylic acids is 1. The van der Waals surface area contributed by atoms with Crippen LogP contribution in [0.3, 0.4) is 0 Å². The Balaban J connectivity index is 2.19. The zero-order chi connectivity index (χ0) is 16.6. The van der Waals surface area contributed by atoms with Crippen molar-refractivity contribution >= 4 is 39.1 Å². The maximum absolute atomic E-state index is 13.1. The SMILES string of the molecule is C=C(C)Cn1c(SCC(C)=O)nc2sc3c(c2c1=O)CCCC3. The van der Waals surface area contributed by atoms with Gasteiger partial charge in [-0.25, -0.2) is 4.98 Å². The average Bonchev–Trinajstić information content (AvgIpc) is 2.86. The molecule has 0 spiro atoms. The summed E-state index contributed by atoms with van der Waals surface area (Å²) in [6, 6.07) is 0. The van der Waals surface area contributed by atoms with Gasteiger partial charge in [0.25, 0.3) is 5.56 Å². The highest BCUT2D eigenvalue weighted by Gasteiger charge is 2.22. The number of ketones is 1. The molecule has 122 valence electrons.